The summed E-state index contributed by atoms with van der Waals surface area (Å²) in [5, 5.41) is 4.05. The maximum absolute atomic E-state index is 13.2. The highest BCUT2D eigenvalue weighted by atomic mass is 32.1. The van der Waals surface area contributed by atoms with E-state index in [1.54, 1.807) is 14.2 Å². The molecule has 0 saturated heterocycles. The fourth-order valence-electron chi connectivity index (χ4n) is 4.07. The zero-order chi connectivity index (χ0) is 23.1. The molecule has 1 amide bonds. The number of carbonyl (C=O) groups is 1. The van der Waals surface area contributed by atoms with E-state index in [2.05, 4.69) is 5.32 Å². The van der Waals surface area contributed by atoms with E-state index >= 15 is 0 Å². The van der Waals surface area contributed by atoms with Gasteiger partial charge < -0.3 is 14.8 Å². The molecule has 6 nitrogen and oxygen atoms in total. The molecule has 1 saturated carbocycles. The van der Waals surface area contributed by atoms with Gasteiger partial charge in [-0.3, -0.25) is 4.79 Å². The average Bonchev–Trinajstić information content (AvgIpc) is 3.62. The second-order valence-electron chi connectivity index (χ2n) is 8.28. The Balaban J connectivity index is 1.46. The van der Waals surface area contributed by atoms with Gasteiger partial charge in [0.25, 0.3) is 5.91 Å². The van der Waals surface area contributed by atoms with E-state index in [0.717, 1.165) is 62.8 Å². The maximum atomic E-state index is 13.2. The Labute approximate surface area is 196 Å². The Bertz CT molecular complexity index is 1360. The first-order valence-electron chi connectivity index (χ1n) is 10.9. The second kappa shape index (κ2) is 8.48. The van der Waals surface area contributed by atoms with Crippen LogP contribution >= 0.6 is 11.3 Å². The van der Waals surface area contributed by atoms with E-state index in [0.29, 0.717) is 16.5 Å². The molecule has 7 heteroatoms. The quantitative estimate of drug-likeness (QED) is 0.376. The fraction of sp³-hybridized carbons (Fsp3) is 0.269. The molecule has 4 aromatic rings. The molecule has 0 spiro atoms. The smallest absolute Gasteiger partial charge is 0.266 e. The second-order valence-corrected chi connectivity index (χ2v) is 9.27. The van der Waals surface area contributed by atoms with Gasteiger partial charge in [-0.15, -0.1) is 11.3 Å². The summed E-state index contributed by atoms with van der Waals surface area (Å²) >= 11 is 1.44. The third kappa shape index (κ3) is 4.04. The van der Waals surface area contributed by atoms with Crippen LogP contribution < -0.4 is 14.8 Å². The van der Waals surface area contributed by atoms with Crippen molar-refractivity contribution in [3.05, 3.63) is 64.4 Å². The number of carbonyl (C=O) groups excluding carboxylic acids is 1. The number of hydrogen-bond donors (Lipinski definition) is 1. The number of nitrogens with one attached hydrogen (secondary N) is 1. The Morgan fingerprint density at radius 1 is 1.03 bits per heavy atom. The molecule has 1 N–H and O–H groups in total. The first-order chi connectivity index (χ1) is 16.0. The third-order valence-electron chi connectivity index (χ3n) is 6.00. The summed E-state index contributed by atoms with van der Waals surface area (Å²) in [7, 11) is 3.28. The van der Waals surface area contributed by atoms with E-state index in [-0.39, 0.29) is 5.91 Å². The van der Waals surface area contributed by atoms with Crippen molar-refractivity contribution in [3.8, 4) is 22.6 Å². The van der Waals surface area contributed by atoms with Gasteiger partial charge >= 0.3 is 0 Å². The number of rotatable bonds is 6. The molecule has 0 radical (unpaired) electrons. The molecule has 0 aliphatic heterocycles. The number of ether oxygens (including phenoxy) is 2. The van der Waals surface area contributed by atoms with Crippen LogP contribution in [0.5, 0.6) is 11.5 Å². The molecule has 33 heavy (non-hydrogen) atoms. The maximum Gasteiger partial charge on any atom is 0.266 e. The number of aryl methyl sites for hydroxylation is 2. The Kier molecular flexibility index (Phi) is 5.50. The van der Waals surface area contributed by atoms with Gasteiger partial charge in [-0.05, 0) is 68.1 Å². The first-order valence-corrected chi connectivity index (χ1v) is 11.7. The number of methoxy groups -OCH3 is 2. The fourth-order valence-corrected chi connectivity index (χ4v) is 5.20. The van der Waals surface area contributed by atoms with Gasteiger partial charge in [0.15, 0.2) is 0 Å². The minimum atomic E-state index is -0.145. The largest absolute Gasteiger partial charge is 0.497 e. The van der Waals surface area contributed by atoms with Gasteiger partial charge in [0.2, 0.25) is 0 Å². The van der Waals surface area contributed by atoms with Crippen LogP contribution in [0.4, 0.5) is 5.69 Å². The summed E-state index contributed by atoms with van der Waals surface area (Å²) < 4.78 is 10.8. The summed E-state index contributed by atoms with van der Waals surface area (Å²) in [4.78, 5) is 24.2. The van der Waals surface area contributed by atoms with Crippen LogP contribution in [0.1, 0.15) is 45.5 Å². The zero-order valence-corrected chi connectivity index (χ0v) is 19.9. The van der Waals surface area contributed by atoms with Crippen molar-refractivity contribution in [1.82, 2.24) is 9.97 Å². The number of thiophene rings is 1. The summed E-state index contributed by atoms with van der Waals surface area (Å²) in [5.41, 5.74) is 4.43. The van der Waals surface area contributed by atoms with Gasteiger partial charge in [-0.1, -0.05) is 12.1 Å². The van der Waals surface area contributed by atoms with Crippen LogP contribution in [-0.4, -0.2) is 30.1 Å². The molecule has 0 atom stereocenters. The highest BCUT2D eigenvalue weighted by molar-refractivity contribution is 7.20. The molecular formula is C26H25N3O3S. The van der Waals surface area contributed by atoms with E-state index in [1.165, 1.54) is 11.3 Å². The number of fused-ring (bicyclic) bond motifs is 1. The number of anilines is 1. The number of amides is 1. The predicted molar refractivity (Wildman–Crippen MR) is 132 cm³/mol. The monoisotopic (exact) mass is 459 g/mol. The van der Waals surface area contributed by atoms with E-state index in [1.807, 2.05) is 56.3 Å². The van der Waals surface area contributed by atoms with Crippen LogP contribution in [0.15, 0.2) is 42.5 Å². The molecule has 5 rings (SSSR count). The molecule has 0 bridgehead atoms. The van der Waals surface area contributed by atoms with E-state index in [9.17, 15) is 4.79 Å². The van der Waals surface area contributed by atoms with Crippen molar-refractivity contribution < 1.29 is 14.3 Å². The van der Waals surface area contributed by atoms with Gasteiger partial charge in [0.05, 0.1) is 24.8 Å². The molecule has 0 unspecified atom stereocenters. The summed E-state index contributed by atoms with van der Waals surface area (Å²) in [6.45, 7) is 3.97. The predicted octanol–water partition coefficient (Wildman–Crippen LogP) is 6.12. The van der Waals surface area contributed by atoms with Crippen molar-refractivity contribution in [2.24, 2.45) is 0 Å². The van der Waals surface area contributed by atoms with Crippen LogP contribution in [0, 0.1) is 13.8 Å². The first kappa shape index (κ1) is 21.4. The normalized spacial score (nSPS) is 13.2. The number of hydrogen-bond acceptors (Lipinski definition) is 6. The number of benzene rings is 2. The van der Waals surface area contributed by atoms with Crippen molar-refractivity contribution in [1.29, 1.82) is 0 Å². The molecule has 2 heterocycles. The Morgan fingerprint density at radius 3 is 2.45 bits per heavy atom. The van der Waals surface area contributed by atoms with E-state index in [4.69, 9.17) is 19.4 Å². The molecular weight excluding hydrogens is 434 g/mol. The van der Waals surface area contributed by atoms with E-state index < -0.39 is 0 Å². The Morgan fingerprint density at radius 2 is 1.79 bits per heavy atom. The summed E-state index contributed by atoms with van der Waals surface area (Å²) in [5.74, 6) is 2.75. The van der Waals surface area contributed by atoms with Gasteiger partial charge in [-0.2, -0.15) is 0 Å². The number of aromatic nitrogens is 2. The van der Waals surface area contributed by atoms with Crippen molar-refractivity contribution in [2.45, 2.75) is 32.6 Å². The average molecular weight is 460 g/mol. The van der Waals surface area contributed by atoms with Gasteiger partial charge in [0.1, 0.15) is 22.2 Å². The Hall–Kier alpha value is -3.45. The van der Waals surface area contributed by atoms with Crippen LogP contribution in [0.2, 0.25) is 0 Å². The topological polar surface area (TPSA) is 73.3 Å². The van der Waals surface area contributed by atoms with Gasteiger partial charge in [-0.25, -0.2) is 9.97 Å². The lowest BCUT2D eigenvalue weighted by Crippen LogP contribution is -2.11. The summed E-state index contributed by atoms with van der Waals surface area (Å²) in [6, 6.07) is 13.4. The van der Waals surface area contributed by atoms with Crippen molar-refractivity contribution in [3.63, 3.8) is 0 Å². The minimum Gasteiger partial charge on any atom is -0.497 e. The van der Waals surface area contributed by atoms with Gasteiger partial charge in [0, 0.05) is 22.6 Å². The number of nitrogens with zero attached hydrogens (tertiary/aromatic N) is 2. The SMILES string of the molecule is COc1ccc(-c2cc(NC(=O)c3sc4nc(C5CC5)nc(C)c4c3C)ccc2OC)cc1. The molecule has 2 aromatic carbocycles. The minimum absolute atomic E-state index is 0.145. The molecule has 1 aliphatic rings. The lowest BCUT2D eigenvalue weighted by molar-refractivity contribution is 0.103. The van der Waals surface area contributed by atoms with Crippen LogP contribution in [0.25, 0.3) is 21.3 Å². The third-order valence-corrected chi connectivity index (χ3v) is 7.18. The van der Waals surface area contributed by atoms with Crippen LogP contribution in [-0.2, 0) is 0 Å². The lowest BCUT2D eigenvalue weighted by atomic mass is 10.0. The van der Waals surface area contributed by atoms with Crippen LogP contribution in [0.3, 0.4) is 0 Å². The summed E-state index contributed by atoms with van der Waals surface area (Å²) in [6.07, 6.45) is 2.30. The molecule has 1 aliphatic carbocycles. The molecule has 2 aromatic heterocycles. The standard InChI is InChI=1S/C26H25N3O3S/c1-14-22-15(2)27-24(17-5-6-17)29-26(22)33-23(14)25(30)28-18-9-12-21(32-4)20(13-18)16-7-10-19(31-3)11-8-16/h7-13,17H,5-6H2,1-4H3,(H,28,30). The zero-order valence-electron chi connectivity index (χ0n) is 19.1. The van der Waals surface area contributed by atoms with Crippen molar-refractivity contribution >= 4 is 33.1 Å². The van der Waals surface area contributed by atoms with Crippen molar-refractivity contribution in [2.75, 3.05) is 19.5 Å². The molecule has 168 valence electrons. The highest BCUT2D eigenvalue weighted by Gasteiger charge is 2.28. The molecule has 1 fully saturated rings. The lowest BCUT2D eigenvalue weighted by Gasteiger charge is -2.12. The highest BCUT2D eigenvalue weighted by Crippen LogP contribution is 2.40.